The average Bonchev–Trinajstić information content (AvgIpc) is 3.07. The van der Waals surface area contributed by atoms with Crippen LogP contribution < -0.4 is 22.1 Å². The number of aliphatic carboxylic acids is 1. The molecule has 0 aromatic carbocycles. The maximum atomic E-state index is 12.6. The zero-order valence-electron chi connectivity index (χ0n) is 14.9. The molecule has 4 atom stereocenters. The normalized spacial score (nSPS) is 19.7. The number of carbonyl (C=O) groups is 5. The molecule has 1 aliphatic heterocycles. The van der Waals surface area contributed by atoms with Gasteiger partial charge in [-0.05, 0) is 19.8 Å². The Bertz CT molecular complexity index is 611. The molecule has 4 amide bonds. The first kappa shape index (κ1) is 22.3. The lowest BCUT2D eigenvalue weighted by atomic mass is 10.1. The second kappa shape index (κ2) is 9.83. The van der Waals surface area contributed by atoms with Crippen LogP contribution in [0.4, 0.5) is 0 Å². The van der Waals surface area contributed by atoms with Crippen LogP contribution in [0, 0.1) is 0 Å². The van der Waals surface area contributed by atoms with E-state index in [1.807, 2.05) is 0 Å². The molecule has 8 N–H and O–H groups in total. The number of carbonyl (C=O) groups excluding carboxylic acids is 4. The molecule has 12 nitrogen and oxygen atoms in total. The Morgan fingerprint density at radius 2 is 1.85 bits per heavy atom. The Hall–Kier alpha value is -2.73. The fourth-order valence-electron chi connectivity index (χ4n) is 2.65. The summed E-state index contributed by atoms with van der Waals surface area (Å²) >= 11 is 0. The van der Waals surface area contributed by atoms with Crippen molar-refractivity contribution >= 4 is 29.6 Å². The molecule has 1 saturated heterocycles. The van der Waals surface area contributed by atoms with Gasteiger partial charge >= 0.3 is 5.97 Å². The maximum absolute atomic E-state index is 12.6. The average molecular weight is 387 g/mol. The van der Waals surface area contributed by atoms with Crippen LogP contribution in [0.15, 0.2) is 0 Å². The Morgan fingerprint density at radius 3 is 2.37 bits per heavy atom. The second-order valence-corrected chi connectivity index (χ2v) is 6.28. The van der Waals surface area contributed by atoms with Crippen molar-refractivity contribution in [2.24, 2.45) is 11.5 Å². The summed E-state index contributed by atoms with van der Waals surface area (Å²) in [5.74, 6) is -4.21. The van der Waals surface area contributed by atoms with Gasteiger partial charge in [-0.3, -0.25) is 24.0 Å². The van der Waals surface area contributed by atoms with Crippen molar-refractivity contribution in [2.75, 3.05) is 13.2 Å². The third kappa shape index (κ3) is 6.18. The predicted octanol–water partition coefficient (Wildman–Crippen LogP) is -3.75. The molecule has 0 bridgehead atoms. The minimum Gasteiger partial charge on any atom is -0.480 e. The molecule has 12 heteroatoms. The van der Waals surface area contributed by atoms with E-state index in [1.165, 1.54) is 11.8 Å². The summed E-state index contributed by atoms with van der Waals surface area (Å²) in [5.41, 5.74) is 10.5. The predicted molar refractivity (Wildman–Crippen MR) is 90.8 cm³/mol. The fraction of sp³-hybridized carbons (Fsp3) is 0.667. The number of carboxylic acids is 1. The first-order valence-electron chi connectivity index (χ1n) is 8.37. The van der Waals surface area contributed by atoms with Crippen LogP contribution in [0.2, 0.25) is 0 Å². The van der Waals surface area contributed by atoms with E-state index >= 15 is 0 Å². The van der Waals surface area contributed by atoms with Gasteiger partial charge < -0.3 is 37.2 Å². The number of aliphatic hydroxyl groups is 1. The van der Waals surface area contributed by atoms with Crippen molar-refractivity contribution in [1.82, 2.24) is 15.5 Å². The van der Waals surface area contributed by atoms with Gasteiger partial charge in [-0.15, -0.1) is 0 Å². The van der Waals surface area contributed by atoms with Gasteiger partial charge in [0, 0.05) is 6.54 Å². The quantitative estimate of drug-likeness (QED) is 0.231. The van der Waals surface area contributed by atoms with Gasteiger partial charge in [0.1, 0.15) is 18.1 Å². The van der Waals surface area contributed by atoms with Crippen LogP contribution in [0.3, 0.4) is 0 Å². The Balaban J connectivity index is 2.78. The van der Waals surface area contributed by atoms with Crippen molar-refractivity contribution in [3.63, 3.8) is 0 Å². The molecule has 0 spiro atoms. The number of hydrogen-bond acceptors (Lipinski definition) is 7. The van der Waals surface area contributed by atoms with Crippen LogP contribution in [-0.4, -0.2) is 82.0 Å². The molecule has 4 unspecified atom stereocenters. The van der Waals surface area contributed by atoms with Crippen LogP contribution in [0.25, 0.3) is 0 Å². The highest BCUT2D eigenvalue weighted by molar-refractivity contribution is 5.95. The first-order valence-corrected chi connectivity index (χ1v) is 8.37. The van der Waals surface area contributed by atoms with Crippen LogP contribution in [0.5, 0.6) is 0 Å². The van der Waals surface area contributed by atoms with Gasteiger partial charge in [0.05, 0.1) is 19.1 Å². The summed E-state index contributed by atoms with van der Waals surface area (Å²) in [7, 11) is 0. The minimum absolute atomic E-state index is 0.206. The highest BCUT2D eigenvalue weighted by Crippen LogP contribution is 2.19. The van der Waals surface area contributed by atoms with Gasteiger partial charge in [-0.1, -0.05) is 0 Å². The minimum atomic E-state index is -1.36. The number of aliphatic hydroxyl groups excluding tert-OH is 1. The fourth-order valence-corrected chi connectivity index (χ4v) is 2.65. The molecule has 0 aromatic heterocycles. The molecule has 152 valence electrons. The van der Waals surface area contributed by atoms with Crippen LogP contribution in [0.1, 0.15) is 26.2 Å². The molecule has 1 heterocycles. The Morgan fingerprint density at radius 1 is 1.22 bits per heavy atom. The zero-order chi connectivity index (χ0) is 20.7. The summed E-state index contributed by atoms with van der Waals surface area (Å²) in [4.78, 5) is 59.6. The summed E-state index contributed by atoms with van der Waals surface area (Å²) in [6, 6.07) is -4.68. The standard InChI is InChI=1S/C15H25N5O7/c1-7(15(26)27)18-13(24)10-3-2-4-20(10)14(25)9(6-21)19-12(23)8(16)5-11(17)22/h7-10,21H,2-6,16H2,1H3,(H2,17,22)(H,18,24)(H,19,23)(H,26,27). The van der Waals surface area contributed by atoms with Crippen molar-refractivity contribution in [1.29, 1.82) is 0 Å². The smallest absolute Gasteiger partial charge is 0.325 e. The molecule has 0 radical (unpaired) electrons. The van der Waals surface area contributed by atoms with Gasteiger partial charge in [0.15, 0.2) is 0 Å². The van der Waals surface area contributed by atoms with Crippen LogP contribution >= 0.6 is 0 Å². The third-order valence-corrected chi connectivity index (χ3v) is 4.12. The number of carboxylic acid groups (broad SMARTS) is 1. The number of nitrogens with one attached hydrogen (secondary N) is 2. The number of primary amides is 1. The number of amides is 4. The molecular weight excluding hydrogens is 362 g/mol. The molecule has 0 aromatic rings. The summed E-state index contributed by atoms with van der Waals surface area (Å²) in [6.07, 6.45) is 0.385. The molecule has 0 saturated carbocycles. The lowest BCUT2D eigenvalue weighted by Gasteiger charge is -2.28. The third-order valence-electron chi connectivity index (χ3n) is 4.12. The summed E-state index contributed by atoms with van der Waals surface area (Å²) in [5, 5.41) is 22.8. The van der Waals surface area contributed by atoms with Gasteiger partial charge in [0.25, 0.3) is 0 Å². The maximum Gasteiger partial charge on any atom is 0.325 e. The van der Waals surface area contributed by atoms with E-state index in [2.05, 4.69) is 10.6 Å². The number of likely N-dealkylation sites (tertiary alicyclic amines) is 1. The zero-order valence-corrected chi connectivity index (χ0v) is 14.9. The number of nitrogens with zero attached hydrogens (tertiary/aromatic N) is 1. The molecule has 1 fully saturated rings. The van der Waals surface area contributed by atoms with E-state index in [9.17, 15) is 29.1 Å². The van der Waals surface area contributed by atoms with Gasteiger partial charge in [-0.25, -0.2) is 0 Å². The Kier molecular flexibility index (Phi) is 8.12. The molecule has 1 aliphatic rings. The van der Waals surface area contributed by atoms with Crippen molar-refractivity contribution in [2.45, 2.75) is 50.4 Å². The lowest BCUT2D eigenvalue weighted by molar-refractivity contribution is -0.145. The topological polar surface area (TPSA) is 205 Å². The molecular formula is C15H25N5O7. The lowest BCUT2D eigenvalue weighted by Crippen LogP contribution is -2.57. The van der Waals surface area contributed by atoms with E-state index in [0.29, 0.717) is 12.8 Å². The highest BCUT2D eigenvalue weighted by Gasteiger charge is 2.38. The number of hydrogen-bond donors (Lipinski definition) is 6. The van der Waals surface area contributed by atoms with E-state index in [1.54, 1.807) is 0 Å². The first-order chi connectivity index (χ1) is 12.6. The molecule has 0 aliphatic carbocycles. The SMILES string of the molecule is CC(NC(=O)C1CCCN1C(=O)C(CO)NC(=O)C(N)CC(N)=O)C(=O)O. The number of rotatable bonds is 9. The molecule has 1 rings (SSSR count). The van der Waals surface area contributed by atoms with Gasteiger partial charge in [0.2, 0.25) is 23.6 Å². The van der Waals surface area contributed by atoms with Crippen molar-refractivity contribution < 1.29 is 34.2 Å². The Labute approximate surface area is 155 Å². The van der Waals surface area contributed by atoms with Crippen LogP contribution in [-0.2, 0) is 24.0 Å². The highest BCUT2D eigenvalue weighted by atomic mass is 16.4. The van der Waals surface area contributed by atoms with Crippen molar-refractivity contribution in [3.05, 3.63) is 0 Å². The van der Waals surface area contributed by atoms with E-state index in [4.69, 9.17) is 16.6 Å². The summed E-state index contributed by atoms with van der Waals surface area (Å²) in [6.45, 7) is 0.751. The summed E-state index contributed by atoms with van der Waals surface area (Å²) < 4.78 is 0. The molecule has 27 heavy (non-hydrogen) atoms. The van der Waals surface area contributed by atoms with Gasteiger partial charge in [-0.2, -0.15) is 0 Å². The van der Waals surface area contributed by atoms with E-state index in [0.717, 1.165) is 0 Å². The number of nitrogens with two attached hydrogens (primary N) is 2. The second-order valence-electron chi connectivity index (χ2n) is 6.28. The monoisotopic (exact) mass is 387 g/mol. The largest absolute Gasteiger partial charge is 0.480 e. The van der Waals surface area contributed by atoms with Crippen molar-refractivity contribution in [3.8, 4) is 0 Å². The van der Waals surface area contributed by atoms with E-state index < -0.39 is 66.8 Å². The van der Waals surface area contributed by atoms with E-state index in [-0.39, 0.29) is 6.54 Å².